The Morgan fingerprint density at radius 3 is 2.69 bits per heavy atom. The Hall–Kier alpha value is -2.69. The molecule has 0 bridgehead atoms. The van der Waals surface area contributed by atoms with E-state index in [1.165, 1.54) is 5.56 Å². The zero-order valence-corrected chi connectivity index (χ0v) is 15.3. The summed E-state index contributed by atoms with van der Waals surface area (Å²) in [6.07, 6.45) is 4.54. The summed E-state index contributed by atoms with van der Waals surface area (Å²) >= 11 is 0. The van der Waals surface area contributed by atoms with E-state index in [0.717, 1.165) is 17.7 Å². The van der Waals surface area contributed by atoms with Crippen molar-refractivity contribution in [2.24, 2.45) is 5.92 Å². The third kappa shape index (κ3) is 4.28. The lowest BCUT2D eigenvalue weighted by Gasteiger charge is -2.17. The van der Waals surface area contributed by atoms with E-state index in [4.69, 9.17) is 0 Å². The Bertz CT molecular complexity index is 757. The van der Waals surface area contributed by atoms with E-state index in [1.807, 2.05) is 24.3 Å². The molecule has 1 aliphatic heterocycles. The Morgan fingerprint density at radius 2 is 2.04 bits per heavy atom. The van der Waals surface area contributed by atoms with Crippen LogP contribution in [0.4, 0.5) is 5.69 Å². The molecule has 2 heterocycles. The Balaban J connectivity index is 1.54. The van der Waals surface area contributed by atoms with Crippen LogP contribution in [-0.4, -0.2) is 29.9 Å². The standard InChI is InChI=1S/C21H25N3O2/c1-15(2)17-5-7-19(8-6-17)24-14-18(12-20(24)25)21(26)23-11-9-16-4-3-10-22-13-16/h3-8,10,13,15,18H,9,11-12,14H2,1-2H3,(H,23,26). The van der Waals surface area contributed by atoms with E-state index in [1.54, 1.807) is 17.3 Å². The van der Waals surface area contributed by atoms with Gasteiger partial charge in [-0.15, -0.1) is 0 Å². The van der Waals surface area contributed by atoms with Gasteiger partial charge in [-0.2, -0.15) is 0 Å². The number of amides is 2. The van der Waals surface area contributed by atoms with Gasteiger partial charge in [-0.25, -0.2) is 0 Å². The molecule has 1 unspecified atom stereocenters. The van der Waals surface area contributed by atoms with Gasteiger partial charge >= 0.3 is 0 Å². The van der Waals surface area contributed by atoms with Gasteiger partial charge in [-0.3, -0.25) is 14.6 Å². The number of aromatic nitrogens is 1. The zero-order valence-electron chi connectivity index (χ0n) is 15.3. The van der Waals surface area contributed by atoms with Crippen LogP contribution in [0.3, 0.4) is 0 Å². The number of pyridine rings is 1. The molecule has 1 fully saturated rings. The molecule has 1 atom stereocenters. The maximum absolute atomic E-state index is 12.4. The van der Waals surface area contributed by atoms with Crippen LogP contribution in [0.25, 0.3) is 0 Å². The zero-order chi connectivity index (χ0) is 18.5. The van der Waals surface area contributed by atoms with Crippen LogP contribution in [-0.2, 0) is 16.0 Å². The van der Waals surface area contributed by atoms with Gasteiger partial charge in [0.25, 0.3) is 0 Å². The van der Waals surface area contributed by atoms with E-state index < -0.39 is 0 Å². The molecular weight excluding hydrogens is 326 g/mol. The van der Waals surface area contributed by atoms with Crippen molar-refractivity contribution in [3.05, 3.63) is 59.9 Å². The average molecular weight is 351 g/mol. The lowest BCUT2D eigenvalue weighted by molar-refractivity contribution is -0.126. The minimum Gasteiger partial charge on any atom is -0.355 e. The highest BCUT2D eigenvalue weighted by atomic mass is 16.2. The molecule has 5 nitrogen and oxygen atoms in total. The Morgan fingerprint density at radius 1 is 1.27 bits per heavy atom. The molecule has 0 spiro atoms. The summed E-state index contributed by atoms with van der Waals surface area (Å²) in [5.41, 5.74) is 3.19. The molecule has 26 heavy (non-hydrogen) atoms. The van der Waals surface area contributed by atoms with Crippen LogP contribution < -0.4 is 10.2 Å². The summed E-state index contributed by atoms with van der Waals surface area (Å²) in [5.74, 6) is 0.121. The van der Waals surface area contributed by atoms with Gasteiger partial charge in [0.05, 0.1) is 5.92 Å². The number of nitrogens with one attached hydrogen (secondary N) is 1. The number of rotatable bonds is 6. The average Bonchev–Trinajstić information content (AvgIpc) is 3.04. The molecule has 1 aromatic heterocycles. The Labute approximate surface area is 154 Å². The lowest BCUT2D eigenvalue weighted by Crippen LogP contribution is -2.34. The van der Waals surface area contributed by atoms with Crippen molar-refractivity contribution in [2.45, 2.75) is 32.6 Å². The summed E-state index contributed by atoms with van der Waals surface area (Å²) in [5, 5.41) is 2.94. The third-order valence-corrected chi connectivity index (χ3v) is 4.80. The molecule has 1 N–H and O–H groups in total. The number of hydrogen-bond acceptors (Lipinski definition) is 3. The highest BCUT2D eigenvalue weighted by molar-refractivity contribution is 6.00. The molecule has 1 saturated heterocycles. The van der Waals surface area contributed by atoms with E-state index in [-0.39, 0.29) is 24.2 Å². The van der Waals surface area contributed by atoms with Gasteiger partial charge in [0.15, 0.2) is 0 Å². The quantitative estimate of drug-likeness (QED) is 0.870. The first-order chi connectivity index (χ1) is 12.5. The normalized spacial score (nSPS) is 17.0. The van der Waals surface area contributed by atoms with Crippen molar-refractivity contribution in [2.75, 3.05) is 18.0 Å². The molecule has 3 rings (SSSR count). The highest BCUT2D eigenvalue weighted by Crippen LogP contribution is 2.26. The van der Waals surface area contributed by atoms with Gasteiger partial charge in [0, 0.05) is 37.6 Å². The SMILES string of the molecule is CC(C)c1ccc(N2CC(C(=O)NCCc3cccnc3)CC2=O)cc1. The van der Waals surface area contributed by atoms with Gasteiger partial charge in [0.2, 0.25) is 11.8 Å². The second kappa shape index (κ2) is 8.13. The van der Waals surface area contributed by atoms with Crippen LogP contribution in [0, 0.1) is 5.92 Å². The maximum Gasteiger partial charge on any atom is 0.227 e. The van der Waals surface area contributed by atoms with E-state index >= 15 is 0 Å². The first-order valence-electron chi connectivity index (χ1n) is 9.11. The number of carbonyl (C=O) groups is 2. The minimum atomic E-state index is -0.291. The van der Waals surface area contributed by atoms with Crippen LogP contribution >= 0.6 is 0 Å². The number of carbonyl (C=O) groups excluding carboxylic acids is 2. The number of hydrogen-bond donors (Lipinski definition) is 1. The molecule has 0 saturated carbocycles. The molecule has 1 aliphatic rings. The second-order valence-electron chi connectivity index (χ2n) is 7.05. The van der Waals surface area contributed by atoms with Gasteiger partial charge in [-0.1, -0.05) is 32.0 Å². The second-order valence-corrected chi connectivity index (χ2v) is 7.05. The summed E-state index contributed by atoms with van der Waals surface area (Å²) in [6.45, 7) is 5.28. The molecule has 2 aromatic rings. The fourth-order valence-electron chi connectivity index (χ4n) is 3.19. The van der Waals surface area contributed by atoms with Gasteiger partial charge < -0.3 is 10.2 Å². The molecule has 5 heteroatoms. The fourth-order valence-corrected chi connectivity index (χ4v) is 3.19. The lowest BCUT2D eigenvalue weighted by atomic mass is 10.0. The van der Waals surface area contributed by atoms with E-state index in [9.17, 15) is 9.59 Å². The van der Waals surface area contributed by atoms with Crippen LogP contribution in [0.5, 0.6) is 0 Å². The summed E-state index contributed by atoms with van der Waals surface area (Å²) in [4.78, 5) is 30.5. The summed E-state index contributed by atoms with van der Waals surface area (Å²) in [6, 6.07) is 11.9. The molecule has 0 aliphatic carbocycles. The highest BCUT2D eigenvalue weighted by Gasteiger charge is 2.34. The molecule has 1 aromatic carbocycles. The number of benzene rings is 1. The van der Waals surface area contributed by atoms with Crippen LogP contribution in [0.1, 0.15) is 37.3 Å². The van der Waals surface area contributed by atoms with Crippen LogP contribution in [0.2, 0.25) is 0 Å². The van der Waals surface area contributed by atoms with Crippen molar-refractivity contribution >= 4 is 17.5 Å². The topological polar surface area (TPSA) is 62.3 Å². The predicted molar refractivity (Wildman–Crippen MR) is 102 cm³/mol. The largest absolute Gasteiger partial charge is 0.355 e. The van der Waals surface area contributed by atoms with E-state index in [2.05, 4.69) is 36.3 Å². The molecular formula is C21H25N3O2. The molecule has 0 radical (unpaired) electrons. The fraction of sp³-hybridized carbons (Fsp3) is 0.381. The monoisotopic (exact) mass is 351 g/mol. The van der Waals surface area contributed by atoms with Crippen molar-refractivity contribution in [3.63, 3.8) is 0 Å². The third-order valence-electron chi connectivity index (χ3n) is 4.80. The number of anilines is 1. The minimum absolute atomic E-state index is 0.00899. The maximum atomic E-state index is 12.4. The van der Waals surface area contributed by atoms with E-state index in [0.29, 0.717) is 19.0 Å². The van der Waals surface area contributed by atoms with Crippen molar-refractivity contribution in [1.29, 1.82) is 0 Å². The van der Waals surface area contributed by atoms with Gasteiger partial charge in [-0.05, 0) is 41.7 Å². The first kappa shape index (κ1) is 18.1. The molecule has 2 amide bonds. The summed E-state index contributed by atoms with van der Waals surface area (Å²) < 4.78 is 0. The molecule has 136 valence electrons. The van der Waals surface area contributed by atoms with Crippen molar-refractivity contribution in [1.82, 2.24) is 10.3 Å². The summed E-state index contributed by atoms with van der Waals surface area (Å²) in [7, 11) is 0. The Kier molecular flexibility index (Phi) is 5.66. The van der Waals surface area contributed by atoms with Crippen molar-refractivity contribution in [3.8, 4) is 0 Å². The number of nitrogens with zero attached hydrogens (tertiary/aromatic N) is 2. The first-order valence-corrected chi connectivity index (χ1v) is 9.11. The van der Waals surface area contributed by atoms with Crippen molar-refractivity contribution < 1.29 is 9.59 Å². The van der Waals surface area contributed by atoms with Crippen LogP contribution in [0.15, 0.2) is 48.8 Å². The predicted octanol–water partition coefficient (Wildman–Crippen LogP) is 2.92. The smallest absolute Gasteiger partial charge is 0.227 e. The van der Waals surface area contributed by atoms with Gasteiger partial charge in [0.1, 0.15) is 0 Å².